The largest absolute Gasteiger partial charge is 2.00 e. The molecule has 6 aromatic carbocycles. The Kier molecular flexibility index (Phi) is 19.5. The Labute approximate surface area is 372 Å². The topological polar surface area (TPSA) is 52.0 Å². The van der Waals surface area contributed by atoms with Gasteiger partial charge in [-0.05, 0) is 153 Å². The summed E-state index contributed by atoms with van der Waals surface area (Å²) in [6.45, 7) is 28.4. The van der Waals surface area contributed by atoms with Crippen LogP contribution in [0, 0.1) is 83.1 Å². The average Bonchev–Trinajstić information content (AvgIpc) is 3.04. The molecule has 0 saturated carbocycles. The van der Waals surface area contributed by atoms with Crippen molar-refractivity contribution in [2.45, 2.75) is 83.1 Å². The van der Waals surface area contributed by atoms with Crippen molar-refractivity contribution in [3.8, 4) is 11.1 Å². The Hall–Kier alpha value is -2.70. The fourth-order valence-electron chi connectivity index (χ4n) is 8.07. The van der Waals surface area contributed by atoms with E-state index in [-0.39, 0.29) is 44.3 Å². The summed E-state index contributed by atoms with van der Waals surface area (Å²) in [6.07, 6.45) is 0. The van der Waals surface area contributed by atoms with Gasteiger partial charge in [-0.1, -0.05) is 153 Å². The van der Waals surface area contributed by atoms with Gasteiger partial charge in [0.15, 0.2) is 0 Å². The Balaban J connectivity index is 0.00000153. The quantitative estimate of drug-likeness (QED) is 0.182. The van der Waals surface area contributed by atoms with E-state index in [4.69, 9.17) is 11.5 Å². The fourth-order valence-corrected chi connectivity index (χ4v) is 14.1. The van der Waals surface area contributed by atoms with Crippen LogP contribution in [0.2, 0.25) is 0 Å². The zero-order valence-electron chi connectivity index (χ0n) is 35.8. The van der Waals surface area contributed by atoms with Crippen LogP contribution in [0.1, 0.15) is 66.8 Å². The van der Waals surface area contributed by atoms with Gasteiger partial charge in [0.2, 0.25) is 0 Å². The molecule has 4 N–H and O–H groups in total. The van der Waals surface area contributed by atoms with Crippen molar-refractivity contribution in [2.24, 2.45) is 11.5 Å². The molecule has 302 valence electrons. The maximum absolute atomic E-state index is 4.90. The summed E-state index contributed by atoms with van der Waals surface area (Å²) >= 11 is 0. The second-order valence-electron chi connectivity index (χ2n) is 15.6. The molecule has 0 radical (unpaired) electrons. The smallest absolute Gasteiger partial charge is 1.00 e. The van der Waals surface area contributed by atoms with E-state index in [1.165, 1.54) is 110 Å². The molecule has 0 spiro atoms. The van der Waals surface area contributed by atoms with Crippen molar-refractivity contribution in [1.29, 1.82) is 0 Å². The fraction of sp³-hybridized carbons (Fsp3) is 0.280. The molecule has 0 atom stereocenters. The van der Waals surface area contributed by atoms with Gasteiger partial charge in [-0.2, -0.15) is 0 Å². The maximum Gasteiger partial charge on any atom is 2.00 e. The van der Waals surface area contributed by atoms with Gasteiger partial charge in [-0.3, -0.25) is 0 Å². The molecule has 6 rings (SSSR count). The van der Waals surface area contributed by atoms with Gasteiger partial charge >= 0.3 is 19.5 Å². The van der Waals surface area contributed by atoms with Crippen LogP contribution in [0.15, 0.2) is 97.1 Å². The number of halogens is 2. The number of hydrogen-bond acceptors (Lipinski definition) is 2. The molecule has 0 aliphatic rings. The number of aryl methyl sites for hydroxylation is 12. The van der Waals surface area contributed by atoms with Gasteiger partial charge in [-0.25, -0.2) is 0 Å². The molecular formula is C50H60Cl2N2P2Ru. The molecule has 0 aliphatic carbocycles. The molecule has 0 heterocycles. The van der Waals surface area contributed by atoms with Gasteiger partial charge < -0.3 is 36.3 Å². The van der Waals surface area contributed by atoms with Crippen molar-refractivity contribution < 1.29 is 44.3 Å². The van der Waals surface area contributed by atoms with Crippen molar-refractivity contribution in [2.75, 3.05) is 13.1 Å². The summed E-state index contributed by atoms with van der Waals surface area (Å²) in [5, 5.41) is 8.60. The van der Waals surface area contributed by atoms with Crippen molar-refractivity contribution in [1.82, 2.24) is 0 Å². The third kappa shape index (κ3) is 12.4. The van der Waals surface area contributed by atoms with Crippen molar-refractivity contribution >= 4 is 47.7 Å². The average molecular weight is 923 g/mol. The van der Waals surface area contributed by atoms with Gasteiger partial charge in [-0.15, -0.1) is 0 Å². The van der Waals surface area contributed by atoms with Gasteiger partial charge in [0.25, 0.3) is 0 Å². The zero-order chi connectivity index (χ0) is 39.4. The number of nitrogens with two attached hydrogens (primary N) is 2. The SMILES string of the molecule is Cc1cc(C)cc(P(c2cc(C)cc(C)c2)c2cc(C)cc(C)c2-c2c(C)cc(C)cc2P(c2cc(C)cc(C)c2)c2cc(C)cc(C)c2)c1.NCCN.[Cl-].[Cl-].[Ru+2]. The molecule has 0 bridgehead atoms. The van der Waals surface area contributed by atoms with Crippen LogP contribution in [0.5, 0.6) is 0 Å². The van der Waals surface area contributed by atoms with E-state index in [2.05, 4.69) is 180 Å². The van der Waals surface area contributed by atoms with Crippen LogP contribution >= 0.6 is 15.8 Å². The first-order chi connectivity index (χ1) is 25.6. The summed E-state index contributed by atoms with van der Waals surface area (Å²) in [4.78, 5) is 0. The minimum atomic E-state index is -0.861. The monoisotopic (exact) mass is 922 g/mol. The second-order valence-corrected chi connectivity index (χ2v) is 20.0. The molecule has 2 nitrogen and oxygen atoms in total. The van der Waals surface area contributed by atoms with Crippen LogP contribution in [0.4, 0.5) is 0 Å². The first-order valence-electron chi connectivity index (χ1n) is 19.1. The molecule has 0 aromatic heterocycles. The van der Waals surface area contributed by atoms with E-state index < -0.39 is 15.8 Å². The predicted molar refractivity (Wildman–Crippen MR) is 244 cm³/mol. The van der Waals surface area contributed by atoms with E-state index in [9.17, 15) is 0 Å². The van der Waals surface area contributed by atoms with Crippen molar-refractivity contribution in [3.63, 3.8) is 0 Å². The minimum absolute atomic E-state index is 0. The first-order valence-corrected chi connectivity index (χ1v) is 21.8. The summed E-state index contributed by atoms with van der Waals surface area (Å²) in [5.74, 6) is 0. The van der Waals surface area contributed by atoms with Gasteiger partial charge in [0.1, 0.15) is 0 Å². The number of benzene rings is 6. The van der Waals surface area contributed by atoms with Gasteiger partial charge in [0.05, 0.1) is 0 Å². The summed E-state index contributed by atoms with van der Waals surface area (Å²) in [7, 11) is -1.72. The van der Waals surface area contributed by atoms with Crippen LogP contribution in [-0.2, 0) is 19.5 Å². The number of hydrogen-bond donors (Lipinski definition) is 2. The molecule has 0 aliphatic heterocycles. The number of rotatable bonds is 8. The molecule has 57 heavy (non-hydrogen) atoms. The Morgan fingerprint density at radius 1 is 0.316 bits per heavy atom. The molecule has 7 heteroatoms. The summed E-state index contributed by atoms with van der Waals surface area (Å²) in [5.41, 5.74) is 28.5. The molecule has 0 amide bonds. The van der Waals surface area contributed by atoms with Crippen molar-refractivity contribution in [3.05, 3.63) is 164 Å². The van der Waals surface area contributed by atoms with Crippen LogP contribution in [0.3, 0.4) is 0 Å². The van der Waals surface area contributed by atoms with Crippen LogP contribution < -0.4 is 68.1 Å². The molecule has 0 saturated heterocycles. The summed E-state index contributed by atoms with van der Waals surface area (Å²) in [6, 6.07) is 38.6. The Bertz CT molecular complexity index is 1970. The standard InChI is InChI=1S/C48H52P2.C2H8N2.2ClH.Ru/c1-29-13-30(2)20-41(19-29)49(42-21-31(3)14-32(4)22-42)45-27-37(9)17-39(11)47(45)48-40(12)18-38(10)28-46(48)50(43-23-33(5)15-34(6)24-43)44-25-35(7)16-36(8)26-44;3-1-2-4;;;/h13-28H,1-12H3;1-4H2;2*1H;/q;;;;+2/p-2. The molecule has 6 aromatic rings. The minimum Gasteiger partial charge on any atom is -1.00 e. The third-order valence-corrected chi connectivity index (χ3v) is 14.4. The predicted octanol–water partition coefficient (Wildman–Crippen LogP) is 3.48. The zero-order valence-corrected chi connectivity index (χ0v) is 40.8. The third-order valence-electron chi connectivity index (χ3n) is 9.68. The van der Waals surface area contributed by atoms with Crippen LogP contribution in [-0.4, -0.2) is 13.1 Å². The molecular weight excluding hydrogens is 862 g/mol. The maximum atomic E-state index is 4.90. The molecule has 0 fully saturated rings. The molecule has 0 unspecified atom stereocenters. The Morgan fingerprint density at radius 2 is 0.509 bits per heavy atom. The van der Waals surface area contributed by atoms with E-state index in [0.29, 0.717) is 13.1 Å². The van der Waals surface area contributed by atoms with Crippen LogP contribution in [0.25, 0.3) is 11.1 Å². The van der Waals surface area contributed by atoms with E-state index >= 15 is 0 Å². The van der Waals surface area contributed by atoms with Gasteiger partial charge in [0, 0.05) is 13.1 Å². The summed E-state index contributed by atoms with van der Waals surface area (Å²) < 4.78 is 0. The van der Waals surface area contributed by atoms with E-state index in [1.54, 1.807) is 0 Å². The first kappa shape index (κ1) is 50.4. The second kappa shape index (κ2) is 22.1. The normalized spacial score (nSPS) is 10.7. The Morgan fingerprint density at radius 3 is 0.702 bits per heavy atom. The van der Waals surface area contributed by atoms with E-state index in [1.807, 2.05) is 0 Å². The van der Waals surface area contributed by atoms with E-state index in [0.717, 1.165) is 0 Å².